The Balaban J connectivity index is 2.41. The molecule has 18 heavy (non-hydrogen) atoms. The van der Waals surface area contributed by atoms with Crippen LogP contribution in [0.5, 0.6) is 0 Å². The predicted molar refractivity (Wildman–Crippen MR) is 68.3 cm³/mol. The van der Waals surface area contributed by atoms with Gasteiger partial charge in [-0.15, -0.1) is 0 Å². The van der Waals surface area contributed by atoms with Gasteiger partial charge in [0.2, 0.25) is 0 Å². The lowest BCUT2D eigenvalue weighted by Crippen LogP contribution is -2.06. The Morgan fingerprint density at radius 3 is 2.44 bits per heavy atom. The van der Waals surface area contributed by atoms with Crippen molar-refractivity contribution in [3.63, 3.8) is 0 Å². The molecule has 1 aromatic carbocycles. The minimum absolute atomic E-state index is 0.152. The highest BCUT2D eigenvalue weighted by Crippen LogP contribution is 2.18. The summed E-state index contributed by atoms with van der Waals surface area (Å²) < 4.78 is 0. The van der Waals surface area contributed by atoms with Gasteiger partial charge in [-0.1, -0.05) is 29.8 Å². The van der Waals surface area contributed by atoms with Crippen LogP contribution in [-0.4, -0.2) is 21.0 Å². The van der Waals surface area contributed by atoms with E-state index in [1.54, 1.807) is 0 Å². The second-order valence-electron chi connectivity index (χ2n) is 4.25. The summed E-state index contributed by atoms with van der Waals surface area (Å²) in [6.07, 6.45) is -0.152. The number of aromatic nitrogens is 2. The van der Waals surface area contributed by atoms with Crippen LogP contribution >= 0.6 is 0 Å². The van der Waals surface area contributed by atoms with Gasteiger partial charge in [0.05, 0.1) is 5.69 Å². The summed E-state index contributed by atoms with van der Waals surface area (Å²) in [7, 11) is 0. The van der Waals surface area contributed by atoms with E-state index in [0.717, 1.165) is 17.0 Å². The standard InChI is InChI=1S/C14H14N2O2/c1-9-3-5-11(6-4-9)12-7-10(2)15-13(16-12)8-14(17)18/h3-7H,8H2,1-2H3,(H,17,18). The molecule has 4 nitrogen and oxygen atoms in total. The van der Waals surface area contributed by atoms with E-state index in [4.69, 9.17) is 5.11 Å². The maximum atomic E-state index is 10.7. The fourth-order valence-electron chi connectivity index (χ4n) is 1.72. The van der Waals surface area contributed by atoms with Gasteiger partial charge in [-0.2, -0.15) is 0 Å². The van der Waals surface area contributed by atoms with E-state index in [1.165, 1.54) is 5.56 Å². The maximum Gasteiger partial charge on any atom is 0.311 e. The van der Waals surface area contributed by atoms with E-state index >= 15 is 0 Å². The average Bonchev–Trinajstić information content (AvgIpc) is 2.28. The highest BCUT2D eigenvalue weighted by Gasteiger charge is 2.07. The molecule has 1 heterocycles. The Morgan fingerprint density at radius 1 is 1.17 bits per heavy atom. The van der Waals surface area contributed by atoms with Crippen molar-refractivity contribution in [2.75, 3.05) is 0 Å². The topological polar surface area (TPSA) is 63.1 Å². The van der Waals surface area contributed by atoms with Crippen molar-refractivity contribution in [3.8, 4) is 11.3 Å². The zero-order chi connectivity index (χ0) is 13.1. The van der Waals surface area contributed by atoms with Crippen molar-refractivity contribution in [1.82, 2.24) is 9.97 Å². The Labute approximate surface area is 105 Å². The van der Waals surface area contributed by atoms with Crippen LogP contribution < -0.4 is 0 Å². The largest absolute Gasteiger partial charge is 0.481 e. The number of rotatable bonds is 3. The highest BCUT2D eigenvalue weighted by molar-refractivity contribution is 5.69. The molecule has 0 spiro atoms. The van der Waals surface area contributed by atoms with Crippen LogP contribution in [0, 0.1) is 13.8 Å². The van der Waals surface area contributed by atoms with Gasteiger partial charge >= 0.3 is 5.97 Å². The van der Waals surface area contributed by atoms with Crippen LogP contribution in [0.15, 0.2) is 30.3 Å². The molecule has 2 rings (SSSR count). The van der Waals surface area contributed by atoms with Gasteiger partial charge in [0.15, 0.2) is 0 Å². The van der Waals surface area contributed by atoms with E-state index in [9.17, 15) is 4.79 Å². The molecule has 0 radical (unpaired) electrons. The first-order chi connectivity index (χ1) is 8.54. The molecule has 0 atom stereocenters. The first-order valence-corrected chi connectivity index (χ1v) is 5.68. The Bertz CT molecular complexity index is 577. The molecule has 4 heteroatoms. The second kappa shape index (κ2) is 4.96. The molecule has 2 aromatic rings. The zero-order valence-corrected chi connectivity index (χ0v) is 10.3. The first-order valence-electron chi connectivity index (χ1n) is 5.68. The third kappa shape index (κ3) is 2.91. The van der Waals surface area contributed by atoms with Crippen LogP contribution in [0.1, 0.15) is 17.1 Å². The summed E-state index contributed by atoms with van der Waals surface area (Å²) in [5, 5.41) is 8.78. The summed E-state index contributed by atoms with van der Waals surface area (Å²) in [4.78, 5) is 19.1. The molecule has 0 aliphatic rings. The molecular formula is C14H14N2O2. The first kappa shape index (κ1) is 12.2. The fraction of sp³-hybridized carbons (Fsp3) is 0.214. The molecule has 0 unspecified atom stereocenters. The number of nitrogens with zero attached hydrogens (tertiary/aromatic N) is 2. The third-order valence-corrected chi connectivity index (χ3v) is 2.56. The van der Waals surface area contributed by atoms with Crippen LogP contribution in [0.3, 0.4) is 0 Å². The van der Waals surface area contributed by atoms with Gasteiger partial charge < -0.3 is 5.11 Å². The van der Waals surface area contributed by atoms with Gasteiger partial charge in [-0.25, -0.2) is 9.97 Å². The van der Waals surface area contributed by atoms with Crippen LogP contribution in [0.2, 0.25) is 0 Å². The highest BCUT2D eigenvalue weighted by atomic mass is 16.4. The number of benzene rings is 1. The number of carbonyl (C=O) groups is 1. The molecule has 0 aliphatic carbocycles. The lowest BCUT2D eigenvalue weighted by Gasteiger charge is -2.05. The molecule has 0 aliphatic heterocycles. The van der Waals surface area contributed by atoms with E-state index in [2.05, 4.69) is 9.97 Å². The number of aliphatic carboxylic acids is 1. The molecule has 92 valence electrons. The van der Waals surface area contributed by atoms with E-state index in [-0.39, 0.29) is 6.42 Å². The maximum absolute atomic E-state index is 10.7. The van der Waals surface area contributed by atoms with Crippen molar-refractivity contribution >= 4 is 5.97 Å². The SMILES string of the molecule is Cc1ccc(-c2cc(C)nc(CC(=O)O)n2)cc1. The lowest BCUT2D eigenvalue weighted by molar-refractivity contribution is -0.136. The lowest BCUT2D eigenvalue weighted by atomic mass is 10.1. The Kier molecular flexibility index (Phi) is 3.37. The van der Waals surface area contributed by atoms with E-state index in [1.807, 2.05) is 44.2 Å². The Morgan fingerprint density at radius 2 is 1.83 bits per heavy atom. The van der Waals surface area contributed by atoms with Gasteiger partial charge in [-0.3, -0.25) is 4.79 Å². The van der Waals surface area contributed by atoms with Gasteiger partial charge in [-0.05, 0) is 19.9 Å². The number of hydrogen-bond donors (Lipinski definition) is 1. The van der Waals surface area contributed by atoms with Gasteiger partial charge in [0.25, 0.3) is 0 Å². The van der Waals surface area contributed by atoms with Crippen LogP contribution in [0.4, 0.5) is 0 Å². The fourth-order valence-corrected chi connectivity index (χ4v) is 1.72. The summed E-state index contributed by atoms with van der Waals surface area (Å²) in [6.45, 7) is 3.86. The van der Waals surface area contributed by atoms with Gasteiger partial charge in [0.1, 0.15) is 12.2 Å². The zero-order valence-electron chi connectivity index (χ0n) is 10.3. The third-order valence-electron chi connectivity index (χ3n) is 2.56. The molecule has 1 N–H and O–H groups in total. The average molecular weight is 242 g/mol. The predicted octanol–water partition coefficient (Wildman–Crippen LogP) is 2.39. The summed E-state index contributed by atoms with van der Waals surface area (Å²) in [6, 6.07) is 9.81. The summed E-state index contributed by atoms with van der Waals surface area (Å²) in [5.41, 5.74) is 3.68. The van der Waals surface area contributed by atoms with E-state index in [0.29, 0.717) is 5.82 Å². The monoisotopic (exact) mass is 242 g/mol. The number of carboxylic acids is 1. The molecule has 0 saturated heterocycles. The molecule has 0 fully saturated rings. The Hall–Kier alpha value is -2.23. The van der Waals surface area contributed by atoms with E-state index < -0.39 is 5.97 Å². The van der Waals surface area contributed by atoms with Crippen molar-refractivity contribution in [2.24, 2.45) is 0 Å². The summed E-state index contributed by atoms with van der Waals surface area (Å²) >= 11 is 0. The normalized spacial score (nSPS) is 10.3. The molecule has 0 saturated carbocycles. The van der Waals surface area contributed by atoms with Crippen molar-refractivity contribution in [3.05, 3.63) is 47.4 Å². The van der Waals surface area contributed by atoms with Crippen molar-refractivity contribution < 1.29 is 9.90 Å². The molecule has 0 bridgehead atoms. The minimum atomic E-state index is -0.921. The summed E-state index contributed by atoms with van der Waals surface area (Å²) in [5.74, 6) is -0.575. The smallest absolute Gasteiger partial charge is 0.311 e. The molecule has 0 amide bonds. The number of aryl methyl sites for hydroxylation is 2. The second-order valence-corrected chi connectivity index (χ2v) is 4.25. The van der Waals surface area contributed by atoms with Crippen LogP contribution in [-0.2, 0) is 11.2 Å². The molecule has 1 aromatic heterocycles. The van der Waals surface area contributed by atoms with Crippen molar-refractivity contribution in [1.29, 1.82) is 0 Å². The minimum Gasteiger partial charge on any atom is -0.481 e. The van der Waals surface area contributed by atoms with Crippen molar-refractivity contribution in [2.45, 2.75) is 20.3 Å². The number of hydrogen-bond acceptors (Lipinski definition) is 3. The number of carboxylic acid groups (broad SMARTS) is 1. The molecular weight excluding hydrogens is 228 g/mol. The van der Waals surface area contributed by atoms with Gasteiger partial charge in [0, 0.05) is 11.3 Å². The van der Waals surface area contributed by atoms with Crippen LogP contribution in [0.25, 0.3) is 11.3 Å². The quantitative estimate of drug-likeness (QED) is 0.897.